The van der Waals surface area contributed by atoms with Gasteiger partial charge in [-0.1, -0.05) is 53.5 Å². The Morgan fingerprint density at radius 1 is 1.00 bits per heavy atom. The van der Waals surface area contributed by atoms with Gasteiger partial charge in [-0.05, 0) is 36.4 Å². The lowest BCUT2D eigenvalue weighted by atomic mass is 10.1. The van der Waals surface area contributed by atoms with Crippen LogP contribution in [0.15, 0.2) is 77.4 Å². The van der Waals surface area contributed by atoms with Gasteiger partial charge in [0.25, 0.3) is 5.91 Å². The van der Waals surface area contributed by atoms with Crippen LogP contribution in [0.2, 0.25) is 10.0 Å². The molecule has 0 aliphatic rings. The third kappa shape index (κ3) is 5.49. The molecule has 3 rings (SSSR count). The van der Waals surface area contributed by atoms with Gasteiger partial charge >= 0.3 is 5.97 Å². The summed E-state index contributed by atoms with van der Waals surface area (Å²) in [5.41, 5.74) is 0.915. The monoisotopic (exact) mass is 415 g/mol. The zero-order chi connectivity index (χ0) is 19.9. The Morgan fingerprint density at radius 3 is 2.36 bits per heavy atom. The van der Waals surface area contributed by atoms with E-state index in [1.165, 1.54) is 18.4 Å². The number of hydrogen-bond acceptors (Lipinski definition) is 4. The smallest absolute Gasteiger partial charge is 0.332 e. The molecule has 3 aromatic rings. The van der Waals surface area contributed by atoms with Crippen molar-refractivity contribution in [1.82, 2.24) is 0 Å². The summed E-state index contributed by atoms with van der Waals surface area (Å²) in [6.45, 7) is 0. The van der Waals surface area contributed by atoms with Crippen LogP contribution < -0.4 is 5.32 Å². The van der Waals surface area contributed by atoms with Gasteiger partial charge in [0.15, 0.2) is 0 Å². The highest BCUT2D eigenvalue weighted by atomic mass is 35.5. The second-order valence-corrected chi connectivity index (χ2v) is 6.60. The van der Waals surface area contributed by atoms with E-state index in [0.29, 0.717) is 27.1 Å². The Kier molecular flexibility index (Phi) is 6.53. The molecule has 0 bridgehead atoms. The Labute approximate surface area is 171 Å². The molecule has 0 saturated heterocycles. The zero-order valence-electron chi connectivity index (χ0n) is 14.5. The Bertz CT molecular complexity index is 965. The number of esters is 1. The van der Waals surface area contributed by atoms with Crippen LogP contribution in [0.3, 0.4) is 0 Å². The van der Waals surface area contributed by atoms with Gasteiger partial charge in [-0.25, -0.2) is 4.79 Å². The van der Waals surface area contributed by atoms with Gasteiger partial charge in [-0.15, -0.1) is 0 Å². The number of carbonyl (C=O) groups is 2. The van der Waals surface area contributed by atoms with Gasteiger partial charge < -0.3 is 14.5 Å². The molecule has 1 amide bonds. The van der Waals surface area contributed by atoms with Crippen molar-refractivity contribution in [3.63, 3.8) is 0 Å². The minimum atomic E-state index is -1.16. The summed E-state index contributed by atoms with van der Waals surface area (Å²) in [6.07, 6.45) is 2.98. The number of hydrogen-bond donors (Lipinski definition) is 1. The van der Waals surface area contributed by atoms with Gasteiger partial charge in [0.2, 0.25) is 6.10 Å². The first-order valence-electron chi connectivity index (χ1n) is 8.25. The van der Waals surface area contributed by atoms with Crippen LogP contribution >= 0.6 is 23.2 Å². The quantitative estimate of drug-likeness (QED) is 0.424. The van der Waals surface area contributed by atoms with Crippen LogP contribution in [0.25, 0.3) is 6.08 Å². The van der Waals surface area contributed by atoms with Crippen molar-refractivity contribution >= 4 is 46.8 Å². The van der Waals surface area contributed by atoms with Gasteiger partial charge in [0, 0.05) is 27.4 Å². The van der Waals surface area contributed by atoms with Gasteiger partial charge in [-0.3, -0.25) is 4.79 Å². The Balaban J connectivity index is 1.78. The largest absolute Gasteiger partial charge is 0.465 e. The first kappa shape index (κ1) is 19.7. The minimum absolute atomic E-state index is 0.373. The fourth-order valence-corrected chi connectivity index (χ4v) is 2.95. The molecule has 7 heteroatoms. The van der Waals surface area contributed by atoms with E-state index < -0.39 is 18.0 Å². The summed E-state index contributed by atoms with van der Waals surface area (Å²) < 4.78 is 10.5. The van der Waals surface area contributed by atoms with Crippen LogP contribution in [-0.4, -0.2) is 11.9 Å². The molecule has 0 radical (unpaired) electrons. The second kappa shape index (κ2) is 9.26. The molecule has 142 valence electrons. The molecule has 0 fully saturated rings. The molecule has 5 nitrogen and oxygen atoms in total. The third-order valence-electron chi connectivity index (χ3n) is 3.63. The summed E-state index contributed by atoms with van der Waals surface area (Å²) in [7, 11) is 0. The lowest BCUT2D eigenvalue weighted by molar-refractivity contribution is -0.149. The first-order valence-corrected chi connectivity index (χ1v) is 9.01. The normalized spacial score (nSPS) is 11.9. The fraction of sp³-hybridized carbons (Fsp3) is 0.0476. The standard InChI is InChI=1S/C21H15Cl2NO4/c22-15-11-16(23)13-17(12-15)24-21(26)20(14-5-2-1-3-6-14)28-19(25)9-8-18-7-4-10-27-18/h1-13,20H,(H,24,26). The number of amides is 1. The summed E-state index contributed by atoms with van der Waals surface area (Å²) in [4.78, 5) is 25.0. The predicted octanol–water partition coefficient (Wildman–Crippen LogP) is 5.52. The molecule has 1 unspecified atom stereocenters. The fourth-order valence-electron chi connectivity index (χ4n) is 2.43. The maximum absolute atomic E-state index is 12.8. The molecule has 0 aliphatic heterocycles. The highest BCUT2D eigenvalue weighted by Crippen LogP contribution is 2.25. The van der Waals surface area contributed by atoms with Crippen LogP contribution in [0, 0.1) is 0 Å². The van der Waals surface area contributed by atoms with E-state index in [-0.39, 0.29) is 0 Å². The van der Waals surface area contributed by atoms with E-state index in [1.807, 2.05) is 0 Å². The van der Waals surface area contributed by atoms with Crippen LogP contribution in [0.4, 0.5) is 5.69 Å². The third-order valence-corrected chi connectivity index (χ3v) is 4.07. The lowest BCUT2D eigenvalue weighted by Crippen LogP contribution is -2.25. The molecule has 0 aliphatic carbocycles. The van der Waals surface area contributed by atoms with Crippen molar-refractivity contribution in [1.29, 1.82) is 0 Å². The highest BCUT2D eigenvalue weighted by molar-refractivity contribution is 6.35. The SMILES string of the molecule is O=C(C=Cc1ccco1)OC(C(=O)Nc1cc(Cl)cc(Cl)c1)c1ccccc1. The number of rotatable bonds is 6. The molecule has 1 atom stereocenters. The summed E-state index contributed by atoms with van der Waals surface area (Å²) in [5.74, 6) is -0.736. The van der Waals surface area contributed by atoms with Crippen molar-refractivity contribution < 1.29 is 18.7 Å². The number of anilines is 1. The average Bonchev–Trinajstić information content (AvgIpc) is 3.18. The summed E-state index contributed by atoms with van der Waals surface area (Å²) >= 11 is 11.9. The van der Waals surface area contributed by atoms with Crippen molar-refractivity contribution in [3.05, 3.63) is 94.4 Å². The number of benzene rings is 2. The van der Waals surface area contributed by atoms with E-state index in [4.69, 9.17) is 32.4 Å². The molecule has 0 saturated carbocycles. The van der Waals surface area contributed by atoms with Crippen LogP contribution in [0.5, 0.6) is 0 Å². The maximum atomic E-state index is 12.8. The molecule has 1 aromatic heterocycles. The maximum Gasteiger partial charge on any atom is 0.332 e. The minimum Gasteiger partial charge on any atom is -0.465 e. The Morgan fingerprint density at radius 2 is 1.71 bits per heavy atom. The van der Waals surface area contributed by atoms with Crippen LogP contribution in [0.1, 0.15) is 17.4 Å². The topological polar surface area (TPSA) is 68.5 Å². The molecular weight excluding hydrogens is 401 g/mol. The first-order chi connectivity index (χ1) is 13.5. The predicted molar refractivity (Wildman–Crippen MR) is 108 cm³/mol. The van der Waals surface area contributed by atoms with Crippen molar-refractivity contribution in [2.75, 3.05) is 5.32 Å². The molecular formula is C21H15Cl2NO4. The molecule has 28 heavy (non-hydrogen) atoms. The van der Waals surface area contributed by atoms with Gasteiger partial charge in [-0.2, -0.15) is 0 Å². The molecule has 1 N–H and O–H groups in total. The number of halogens is 2. The summed E-state index contributed by atoms with van der Waals surface area (Å²) in [6, 6.07) is 16.7. The number of nitrogens with one attached hydrogen (secondary N) is 1. The van der Waals surface area contributed by atoms with Gasteiger partial charge in [0.05, 0.1) is 6.26 Å². The van der Waals surface area contributed by atoms with E-state index in [1.54, 1.807) is 60.7 Å². The van der Waals surface area contributed by atoms with Crippen LogP contribution in [-0.2, 0) is 14.3 Å². The molecule has 0 spiro atoms. The average molecular weight is 416 g/mol. The molecule has 2 aromatic carbocycles. The van der Waals surface area contributed by atoms with E-state index in [9.17, 15) is 9.59 Å². The second-order valence-electron chi connectivity index (χ2n) is 5.72. The van der Waals surface area contributed by atoms with Crippen molar-refractivity contribution in [3.8, 4) is 0 Å². The van der Waals surface area contributed by atoms with E-state index in [2.05, 4.69) is 5.32 Å². The Hall–Kier alpha value is -3.02. The van der Waals surface area contributed by atoms with Gasteiger partial charge in [0.1, 0.15) is 5.76 Å². The lowest BCUT2D eigenvalue weighted by Gasteiger charge is -2.17. The van der Waals surface area contributed by atoms with Crippen molar-refractivity contribution in [2.24, 2.45) is 0 Å². The number of furan rings is 1. The number of carbonyl (C=O) groups excluding carboxylic acids is 2. The van der Waals surface area contributed by atoms with E-state index >= 15 is 0 Å². The summed E-state index contributed by atoms with van der Waals surface area (Å²) in [5, 5.41) is 3.41. The van der Waals surface area contributed by atoms with E-state index in [0.717, 1.165) is 0 Å². The zero-order valence-corrected chi connectivity index (χ0v) is 16.0. The highest BCUT2D eigenvalue weighted by Gasteiger charge is 2.24. The van der Waals surface area contributed by atoms with Crippen molar-refractivity contribution in [2.45, 2.75) is 6.10 Å². The molecule has 1 heterocycles. The number of ether oxygens (including phenoxy) is 1.